The lowest BCUT2D eigenvalue weighted by Crippen LogP contribution is -2.17. The first kappa shape index (κ1) is 20.0. The van der Waals surface area contributed by atoms with Gasteiger partial charge in [-0.25, -0.2) is 13.6 Å². The summed E-state index contributed by atoms with van der Waals surface area (Å²) in [5.41, 5.74) is 0.0109. The van der Waals surface area contributed by atoms with Crippen LogP contribution in [0, 0.1) is 11.6 Å². The van der Waals surface area contributed by atoms with E-state index < -0.39 is 29.1 Å². The van der Waals surface area contributed by atoms with Crippen LogP contribution in [0.3, 0.4) is 0 Å². The quantitative estimate of drug-likeness (QED) is 0.619. The molecule has 0 spiro atoms. The number of amides is 1. The third kappa shape index (κ3) is 4.76. The Labute approximate surface area is 165 Å². The monoisotopic (exact) mass is 397 g/mol. The molecule has 148 valence electrons. The Hall–Kier alpha value is -3.74. The van der Waals surface area contributed by atoms with Gasteiger partial charge in [-0.05, 0) is 24.3 Å². The molecule has 0 aliphatic carbocycles. The van der Waals surface area contributed by atoms with E-state index in [0.717, 1.165) is 13.2 Å². The van der Waals surface area contributed by atoms with Crippen LogP contribution in [0.1, 0.15) is 26.3 Å². The van der Waals surface area contributed by atoms with Crippen molar-refractivity contribution in [3.8, 4) is 5.75 Å². The lowest BCUT2D eigenvalue weighted by molar-refractivity contribution is 0.0595. The number of para-hydroxylation sites is 1. The van der Waals surface area contributed by atoms with Crippen LogP contribution in [-0.4, -0.2) is 19.0 Å². The number of nitrogens with one attached hydrogen (secondary N) is 1. The van der Waals surface area contributed by atoms with Gasteiger partial charge in [-0.1, -0.05) is 36.4 Å². The molecule has 0 aromatic heterocycles. The first-order valence-electron chi connectivity index (χ1n) is 8.64. The smallest absolute Gasteiger partial charge is 0.340 e. The number of methoxy groups -OCH3 is 1. The standard InChI is InChI=1S/C22H17F2NO4/c1-28-22(27)17-11-20(19(24)12-18(17)23)25-21(26)16-10-6-5-7-14(16)13-29-15-8-3-2-4-9-15/h2-12H,13H2,1H3,(H,25,26). The summed E-state index contributed by atoms with van der Waals surface area (Å²) < 4.78 is 38.0. The topological polar surface area (TPSA) is 64.6 Å². The number of esters is 1. The van der Waals surface area contributed by atoms with E-state index in [4.69, 9.17) is 4.74 Å². The summed E-state index contributed by atoms with van der Waals surface area (Å²) in [5.74, 6) is -3.06. The van der Waals surface area contributed by atoms with Gasteiger partial charge in [0.15, 0.2) is 0 Å². The number of benzene rings is 3. The summed E-state index contributed by atoms with van der Waals surface area (Å²) >= 11 is 0. The molecule has 3 aromatic rings. The highest BCUT2D eigenvalue weighted by Gasteiger charge is 2.19. The van der Waals surface area contributed by atoms with Crippen molar-refractivity contribution in [3.05, 3.63) is 95.1 Å². The number of halogens is 2. The molecule has 7 heteroatoms. The molecular formula is C22H17F2NO4. The van der Waals surface area contributed by atoms with Crippen LogP contribution < -0.4 is 10.1 Å². The Balaban J connectivity index is 1.82. The molecule has 0 radical (unpaired) electrons. The van der Waals surface area contributed by atoms with Crippen LogP contribution in [-0.2, 0) is 11.3 Å². The van der Waals surface area contributed by atoms with Crippen molar-refractivity contribution in [1.82, 2.24) is 0 Å². The van der Waals surface area contributed by atoms with E-state index in [1.54, 1.807) is 36.4 Å². The molecule has 0 atom stereocenters. The third-order valence-corrected chi connectivity index (χ3v) is 4.11. The van der Waals surface area contributed by atoms with Crippen molar-refractivity contribution in [1.29, 1.82) is 0 Å². The predicted octanol–water partition coefficient (Wildman–Crippen LogP) is 4.58. The number of carbonyl (C=O) groups is 2. The maximum absolute atomic E-state index is 14.1. The maximum Gasteiger partial charge on any atom is 0.340 e. The van der Waals surface area contributed by atoms with Gasteiger partial charge in [-0.2, -0.15) is 0 Å². The molecule has 3 aromatic carbocycles. The molecule has 0 unspecified atom stereocenters. The highest BCUT2D eigenvalue weighted by Crippen LogP contribution is 2.22. The number of ether oxygens (including phenoxy) is 2. The molecule has 0 aliphatic rings. The fraction of sp³-hybridized carbons (Fsp3) is 0.0909. The van der Waals surface area contributed by atoms with Crippen LogP contribution in [0.15, 0.2) is 66.7 Å². The van der Waals surface area contributed by atoms with E-state index in [-0.39, 0.29) is 17.9 Å². The molecule has 0 saturated carbocycles. The highest BCUT2D eigenvalue weighted by atomic mass is 19.1. The van der Waals surface area contributed by atoms with Gasteiger partial charge < -0.3 is 14.8 Å². The molecule has 0 saturated heterocycles. The molecule has 0 aliphatic heterocycles. The van der Waals surface area contributed by atoms with Gasteiger partial charge in [0.2, 0.25) is 0 Å². The van der Waals surface area contributed by atoms with Gasteiger partial charge in [0.25, 0.3) is 5.91 Å². The van der Waals surface area contributed by atoms with Crippen LogP contribution >= 0.6 is 0 Å². The van der Waals surface area contributed by atoms with E-state index in [1.165, 1.54) is 0 Å². The van der Waals surface area contributed by atoms with Crippen molar-refractivity contribution in [2.75, 3.05) is 12.4 Å². The largest absolute Gasteiger partial charge is 0.489 e. The number of carbonyl (C=O) groups excluding carboxylic acids is 2. The summed E-state index contributed by atoms with van der Waals surface area (Å²) in [6, 6.07) is 17.2. The summed E-state index contributed by atoms with van der Waals surface area (Å²) in [4.78, 5) is 24.3. The minimum absolute atomic E-state index is 0.118. The lowest BCUT2D eigenvalue weighted by Gasteiger charge is -2.13. The summed E-state index contributed by atoms with van der Waals surface area (Å²) in [6.07, 6.45) is 0. The van der Waals surface area contributed by atoms with E-state index >= 15 is 0 Å². The molecular weight excluding hydrogens is 380 g/mol. The van der Waals surface area contributed by atoms with Gasteiger partial charge in [0.05, 0.1) is 18.4 Å². The Morgan fingerprint density at radius 2 is 1.59 bits per heavy atom. The zero-order valence-electron chi connectivity index (χ0n) is 15.4. The van der Waals surface area contributed by atoms with Crippen molar-refractivity contribution >= 4 is 17.6 Å². The zero-order valence-corrected chi connectivity index (χ0v) is 15.4. The lowest BCUT2D eigenvalue weighted by atomic mass is 10.1. The first-order chi connectivity index (χ1) is 14.0. The average Bonchev–Trinajstić information content (AvgIpc) is 2.74. The fourth-order valence-corrected chi connectivity index (χ4v) is 2.65. The second-order valence-electron chi connectivity index (χ2n) is 6.02. The number of anilines is 1. The van der Waals surface area contributed by atoms with E-state index in [2.05, 4.69) is 10.1 Å². The summed E-state index contributed by atoms with van der Waals surface area (Å²) in [5, 5.41) is 2.37. The van der Waals surface area contributed by atoms with Gasteiger partial charge in [-0.3, -0.25) is 4.79 Å². The third-order valence-electron chi connectivity index (χ3n) is 4.11. The Bertz CT molecular complexity index is 1040. The fourth-order valence-electron chi connectivity index (χ4n) is 2.65. The molecule has 0 bridgehead atoms. The first-order valence-corrected chi connectivity index (χ1v) is 8.64. The number of rotatable bonds is 6. The minimum atomic E-state index is -1.08. The van der Waals surface area contributed by atoms with E-state index in [9.17, 15) is 18.4 Å². The van der Waals surface area contributed by atoms with E-state index in [1.807, 2.05) is 18.2 Å². The SMILES string of the molecule is COC(=O)c1cc(NC(=O)c2ccccc2COc2ccccc2)c(F)cc1F. The second-order valence-corrected chi connectivity index (χ2v) is 6.02. The van der Waals surface area contributed by atoms with Crippen molar-refractivity contribution in [2.45, 2.75) is 6.61 Å². The van der Waals surface area contributed by atoms with Gasteiger partial charge in [-0.15, -0.1) is 0 Å². The predicted molar refractivity (Wildman–Crippen MR) is 103 cm³/mol. The maximum atomic E-state index is 14.1. The van der Waals surface area contributed by atoms with Crippen LogP contribution in [0.2, 0.25) is 0 Å². The van der Waals surface area contributed by atoms with Gasteiger partial charge >= 0.3 is 5.97 Å². The minimum Gasteiger partial charge on any atom is -0.489 e. The molecule has 0 fully saturated rings. The Morgan fingerprint density at radius 3 is 2.31 bits per heavy atom. The van der Waals surface area contributed by atoms with Crippen molar-refractivity contribution < 1.29 is 27.8 Å². The van der Waals surface area contributed by atoms with Crippen LogP contribution in [0.5, 0.6) is 5.75 Å². The number of hydrogen-bond acceptors (Lipinski definition) is 4. The molecule has 0 heterocycles. The van der Waals surface area contributed by atoms with E-state index in [0.29, 0.717) is 17.4 Å². The van der Waals surface area contributed by atoms with Crippen molar-refractivity contribution in [2.24, 2.45) is 0 Å². The second kappa shape index (κ2) is 8.97. The van der Waals surface area contributed by atoms with Gasteiger partial charge in [0.1, 0.15) is 24.0 Å². The number of hydrogen-bond donors (Lipinski definition) is 1. The molecule has 5 nitrogen and oxygen atoms in total. The van der Waals surface area contributed by atoms with Crippen LogP contribution in [0.4, 0.5) is 14.5 Å². The molecule has 3 rings (SSSR count). The van der Waals surface area contributed by atoms with Crippen LogP contribution in [0.25, 0.3) is 0 Å². The van der Waals surface area contributed by atoms with Gasteiger partial charge in [0, 0.05) is 17.2 Å². The summed E-state index contributed by atoms with van der Waals surface area (Å²) in [7, 11) is 1.08. The average molecular weight is 397 g/mol. The normalized spacial score (nSPS) is 10.3. The highest BCUT2D eigenvalue weighted by molar-refractivity contribution is 6.06. The Morgan fingerprint density at radius 1 is 0.897 bits per heavy atom. The Kier molecular flexibility index (Phi) is 6.19. The molecule has 1 amide bonds. The van der Waals surface area contributed by atoms with Crippen molar-refractivity contribution in [3.63, 3.8) is 0 Å². The molecule has 1 N–H and O–H groups in total. The zero-order chi connectivity index (χ0) is 20.8. The summed E-state index contributed by atoms with van der Waals surface area (Å²) in [6.45, 7) is 0.118. The molecule has 29 heavy (non-hydrogen) atoms.